The van der Waals surface area contributed by atoms with Crippen molar-refractivity contribution in [1.29, 1.82) is 0 Å². The molecule has 1 unspecified atom stereocenters. The van der Waals surface area contributed by atoms with Crippen molar-refractivity contribution in [2.45, 2.75) is 18.4 Å². The molecule has 0 fully saturated rings. The minimum Gasteiger partial charge on any atom is -0.469 e. The van der Waals surface area contributed by atoms with Crippen LogP contribution in [0.1, 0.15) is 23.5 Å². The Kier molecular flexibility index (Phi) is 5.52. The third-order valence-corrected chi connectivity index (χ3v) is 3.70. The zero-order chi connectivity index (χ0) is 15.1. The molecule has 0 aromatic heterocycles. The fourth-order valence-corrected chi connectivity index (χ4v) is 2.63. The van der Waals surface area contributed by atoms with Gasteiger partial charge in [-0.3, -0.25) is 4.79 Å². The topological polar surface area (TPSA) is 38.3 Å². The van der Waals surface area contributed by atoms with Crippen LogP contribution in [0.15, 0.2) is 60.7 Å². The van der Waals surface area contributed by atoms with Gasteiger partial charge in [-0.1, -0.05) is 60.7 Å². The van der Waals surface area contributed by atoms with E-state index in [1.165, 1.54) is 18.2 Å². The highest BCUT2D eigenvalue weighted by molar-refractivity contribution is 5.70. The minimum atomic E-state index is -0.203. The molecule has 0 aliphatic carbocycles. The summed E-state index contributed by atoms with van der Waals surface area (Å²) in [4.78, 5) is 11.7. The standard InChI is InChI=1S/C18H21NO2/c1-19-16(13-17(20)21-2)18(14-9-5-3-6-10-14)15-11-7-4-8-12-15/h3-12,16,18-19H,13H2,1-2H3. The van der Waals surface area contributed by atoms with Crippen molar-refractivity contribution >= 4 is 5.97 Å². The first-order valence-electron chi connectivity index (χ1n) is 7.10. The van der Waals surface area contributed by atoms with Crippen LogP contribution in [0.4, 0.5) is 0 Å². The van der Waals surface area contributed by atoms with Crippen LogP contribution in [-0.2, 0) is 9.53 Å². The summed E-state index contributed by atoms with van der Waals surface area (Å²) in [6.45, 7) is 0. The maximum atomic E-state index is 11.7. The number of nitrogens with one attached hydrogen (secondary N) is 1. The number of likely N-dealkylation sites (N-methyl/N-ethyl adjacent to an activating group) is 1. The van der Waals surface area contributed by atoms with Gasteiger partial charge in [0.1, 0.15) is 0 Å². The summed E-state index contributed by atoms with van der Waals surface area (Å²) >= 11 is 0. The van der Waals surface area contributed by atoms with Crippen LogP contribution in [0, 0.1) is 0 Å². The van der Waals surface area contributed by atoms with Gasteiger partial charge in [0.15, 0.2) is 0 Å². The molecule has 2 aromatic rings. The van der Waals surface area contributed by atoms with Gasteiger partial charge in [0.05, 0.1) is 13.5 Å². The van der Waals surface area contributed by atoms with Gasteiger partial charge < -0.3 is 10.1 Å². The summed E-state index contributed by atoms with van der Waals surface area (Å²) in [5.41, 5.74) is 2.37. The average Bonchev–Trinajstić information content (AvgIpc) is 2.56. The zero-order valence-electron chi connectivity index (χ0n) is 12.5. The van der Waals surface area contributed by atoms with Crippen molar-refractivity contribution in [3.05, 3.63) is 71.8 Å². The third-order valence-electron chi connectivity index (χ3n) is 3.70. The summed E-state index contributed by atoms with van der Waals surface area (Å²) in [6.07, 6.45) is 0.335. The summed E-state index contributed by atoms with van der Waals surface area (Å²) in [5, 5.41) is 3.26. The van der Waals surface area contributed by atoms with Crippen LogP contribution in [0.25, 0.3) is 0 Å². The van der Waals surface area contributed by atoms with Crippen molar-refractivity contribution in [3.63, 3.8) is 0 Å². The van der Waals surface area contributed by atoms with E-state index in [4.69, 9.17) is 4.74 Å². The Bertz CT molecular complexity index is 514. The normalized spacial score (nSPS) is 12.1. The smallest absolute Gasteiger partial charge is 0.307 e. The summed E-state index contributed by atoms with van der Waals surface area (Å²) in [6, 6.07) is 20.5. The Balaban J connectivity index is 2.38. The van der Waals surface area contributed by atoms with Crippen molar-refractivity contribution in [3.8, 4) is 0 Å². The Morgan fingerprint density at radius 1 is 1.00 bits per heavy atom. The molecule has 2 rings (SSSR count). The van der Waals surface area contributed by atoms with E-state index in [0.717, 1.165) is 0 Å². The number of hydrogen-bond donors (Lipinski definition) is 1. The number of carbonyl (C=O) groups excluding carboxylic acids is 1. The molecule has 1 atom stereocenters. The quantitative estimate of drug-likeness (QED) is 0.828. The van der Waals surface area contributed by atoms with Gasteiger partial charge in [-0.2, -0.15) is 0 Å². The average molecular weight is 283 g/mol. The fraction of sp³-hybridized carbons (Fsp3) is 0.278. The van der Waals surface area contributed by atoms with Crippen molar-refractivity contribution in [1.82, 2.24) is 5.32 Å². The highest BCUT2D eigenvalue weighted by Gasteiger charge is 2.26. The molecule has 0 saturated carbocycles. The largest absolute Gasteiger partial charge is 0.469 e. The molecule has 0 amide bonds. The Labute approximate surface area is 126 Å². The Hall–Kier alpha value is -2.13. The van der Waals surface area contributed by atoms with E-state index in [1.807, 2.05) is 43.4 Å². The number of methoxy groups -OCH3 is 1. The van der Waals surface area contributed by atoms with Gasteiger partial charge >= 0.3 is 5.97 Å². The van der Waals surface area contributed by atoms with E-state index in [1.54, 1.807) is 0 Å². The van der Waals surface area contributed by atoms with E-state index < -0.39 is 0 Å². The van der Waals surface area contributed by atoms with Crippen LogP contribution in [0.2, 0.25) is 0 Å². The van der Waals surface area contributed by atoms with E-state index in [0.29, 0.717) is 6.42 Å². The van der Waals surface area contributed by atoms with Gasteiger partial charge in [0.2, 0.25) is 0 Å². The molecule has 0 saturated heterocycles. The molecule has 0 bridgehead atoms. The Morgan fingerprint density at radius 3 is 1.86 bits per heavy atom. The highest BCUT2D eigenvalue weighted by Crippen LogP contribution is 2.29. The molecule has 0 aliphatic rings. The monoisotopic (exact) mass is 283 g/mol. The first-order chi connectivity index (χ1) is 10.3. The van der Waals surface area contributed by atoms with Crippen LogP contribution >= 0.6 is 0 Å². The number of ether oxygens (including phenoxy) is 1. The van der Waals surface area contributed by atoms with Crippen molar-refractivity contribution in [2.24, 2.45) is 0 Å². The lowest BCUT2D eigenvalue weighted by Gasteiger charge is -2.27. The number of benzene rings is 2. The van der Waals surface area contributed by atoms with Crippen LogP contribution in [0.5, 0.6) is 0 Å². The molecule has 110 valence electrons. The van der Waals surface area contributed by atoms with Gasteiger partial charge in [0.25, 0.3) is 0 Å². The molecule has 0 spiro atoms. The summed E-state index contributed by atoms with van der Waals surface area (Å²) < 4.78 is 4.83. The molecule has 0 radical (unpaired) electrons. The summed E-state index contributed by atoms with van der Waals surface area (Å²) in [5.74, 6) is -0.0947. The van der Waals surface area contributed by atoms with Crippen molar-refractivity contribution in [2.75, 3.05) is 14.2 Å². The SMILES string of the molecule is CNC(CC(=O)OC)C(c1ccccc1)c1ccccc1. The number of rotatable bonds is 6. The van der Waals surface area contributed by atoms with Gasteiger partial charge in [0, 0.05) is 12.0 Å². The third kappa shape index (κ3) is 3.92. The van der Waals surface area contributed by atoms with Crippen LogP contribution < -0.4 is 5.32 Å². The maximum absolute atomic E-state index is 11.7. The van der Waals surface area contributed by atoms with Crippen LogP contribution in [0.3, 0.4) is 0 Å². The zero-order valence-corrected chi connectivity index (χ0v) is 12.5. The molecule has 3 heteroatoms. The second kappa shape index (κ2) is 7.60. The van der Waals surface area contributed by atoms with Gasteiger partial charge in [-0.05, 0) is 18.2 Å². The maximum Gasteiger partial charge on any atom is 0.307 e. The first-order valence-corrected chi connectivity index (χ1v) is 7.10. The van der Waals surface area contributed by atoms with Crippen LogP contribution in [-0.4, -0.2) is 26.2 Å². The van der Waals surface area contributed by atoms with E-state index in [2.05, 4.69) is 29.6 Å². The molecule has 3 nitrogen and oxygen atoms in total. The molecule has 21 heavy (non-hydrogen) atoms. The second-order valence-corrected chi connectivity index (χ2v) is 4.97. The van der Waals surface area contributed by atoms with Crippen molar-refractivity contribution < 1.29 is 9.53 Å². The van der Waals surface area contributed by atoms with E-state index in [-0.39, 0.29) is 17.9 Å². The lowest BCUT2D eigenvalue weighted by Crippen LogP contribution is -2.35. The van der Waals surface area contributed by atoms with E-state index in [9.17, 15) is 4.79 Å². The number of hydrogen-bond acceptors (Lipinski definition) is 3. The lowest BCUT2D eigenvalue weighted by molar-refractivity contribution is -0.141. The number of esters is 1. The molecular weight excluding hydrogens is 262 g/mol. The second-order valence-electron chi connectivity index (χ2n) is 4.97. The fourth-order valence-electron chi connectivity index (χ4n) is 2.63. The lowest BCUT2D eigenvalue weighted by atomic mass is 9.83. The number of carbonyl (C=O) groups is 1. The highest BCUT2D eigenvalue weighted by atomic mass is 16.5. The molecular formula is C18H21NO2. The molecule has 0 heterocycles. The molecule has 0 aliphatic heterocycles. The minimum absolute atomic E-state index is 0.0118. The predicted molar refractivity (Wildman–Crippen MR) is 84.2 cm³/mol. The Morgan fingerprint density at radius 2 is 1.48 bits per heavy atom. The summed E-state index contributed by atoms with van der Waals surface area (Å²) in [7, 11) is 3.31. The van der Waals surface area contributed by atoms with Gasteiger partial charge in [-0.25, -0.2) is 0 Å². The first kappa shape index (κ1) is 15.3. The van der Waals surface area contributed by atoms with Gasteiger partial charge in [-0.15, -0.1) is 0 Å². The predicted octanol–water partition coefficient (Wildman–Crippen LogP) is 2.97. The molecule has 2 aromatic carbocycles. The molecule has 1 N–H and O–H groups in total. The van der Waals surface area contributed by atoms with E-state index >= 15 is 0 Å².